The van der Waals surface area contributed by atoms with Gasteiger partial charge >= 0.3 is 0 Å². The van der Waals surface area contributed by atoms with Crippen LogP contribution in [0.2, 0.25) is 0 Å². The third-order valence-electron chi connectivity index (χ3n) is 17.1. The van der Waals surface area contributed by atoms with Crippen LogP contribution >= 0.6 is 11.3 Å². The molecule has 0 saturated carbocycles. The summed E-state index contributed by atoms with van der Waals surface area (Å²) in [6.45, 7) is 14.6. The van der Waals surface area contributed by atoms with Gasteiger partial charge in [0, 0.05) is 36.7 Å². The number of carbonyl (C=O) groups is 8. The molecule has 9 rings (SSSR count). The predicted molar refractivity (Wildman–Crippen MR) is 324 cm³/mol. The van der Waals surface area contributed by atoms with Crippen molar-refractivity contribution in [3.8, 4) is 0 Å². The summed E-state index contributed by atoms with van der Waals surface area (Å²) in [6, 6.07) is 20.4. The van der Waals surface area contributed by atoms with E-state index >= 15 is 0 Å². The van der Waals surface area contributed by atoms with E-state index in [-0.39, 0.29) is 72.3 Å². The van der Waals surface area contributed by atoms with E-state index in [4.69, 9.17) is 4.98 Å². The Hall–Kier alpha value is -7.55. The molecule has 19 nitrogen and oxygen atoms in total. The van der Waals surface area contributed by atoms with Crippen LogP contribution in [0.25, 0.3) is 10.2 Å². The van der Waals surface area contributed by atoms with Gasteiger partial charge in [-0.1, -0.05) is 107 Å². The molecule has 4 aliphatic rings. The zero-order chi connectivity index (χ0) is 60.4. The Morgan fingerprint density at radius 2 is 1.12 bits per heavy atom. The van der Waals surface area contributed by atoms with Gasteiger partial charge in [-0.2, -0.15) is 0 Å². The van der Waals surface area contributed by atoms with Gasteiger partial charge < -0.3 is 47.0 Å². The fourth-order valence-corrected chi connectivity index (χ4v) is 12.8. The Kier molecular flexibility index (Phi) is 18.4. The Morgan fingerprint density at radius 1 is 0.595 bits per heavy atom. The number of rotatable bonds is 16. The van der Waals surface area contributed by atoms with Crippen LogP contribution < -0.4 is 42.5 Å². The molecule has 446 valence electrons. The molecule has 2 aliphatic carbocycles. The van der Waals surface area contributed by atoms with Crippen LogP contribution in [0.15, 0.2) is 84.9 Å². The van der Waals surface area contributed by atoms with E-state index in [1.807, 2.05) is 84.0 Å². The van der Waals surface area contributed by atoms with Crippen molar-refractivity contribution in [1.29, 1.82) is 0 Å². The Bertz CT molecular complexity index is 3350. The first-order valence-electron chi connectivity index (χ1n) is 29.4. The molecule has 1 fully saturated rings. The quantitative estimate of drug-likeness (QED) is 0.0555. The van der Waals surface area contributed by atoms with Crippen molar-refractivity contribution < 1.29 is 38.4 Å². The smallest absolute Gasteiger partial charge is 0.257 e. The number of thiazole rings is 1. The van der Waals surface area contributed by atoms with Gasteiger partial charge in [-0.25, -0.2) is 4.98 Å². The van der Waals surface area contributed by atoms with E-state index in [9.17, 15) is 38.4 Å². The average molecular weight is 1160 g/mol. The molecule has 20 heteroatoms. The maximum Gasteiger partial charge on any atom is 0.257 e. The number of hydrogen-bond donors (Lipinski definition) is 8. The van der Waals surface area contributed by atoms with E-state index in [0.29, 0.717) is 21.3 Å². The Labute approximate surface area is 496 Å². The van der Waals surface area contributed by atoms with E-state index in [2.05, 4.69) is 54.7 Å². The highest BCUT2D eigenvalue weighted by Crippen LogP contribution is 2.35. The largest absolute Gasteiger partial charge is 0.347 e. The van der Waals surface area contributed by atoms with Gasteiger partial charge in [-0.15, -0.1) is 0 Å². The number of hydrogen-bond acceptors (Lipinski definition) is 12. The topological polar surface area (TPSA) is 252 Å². The minimum atomic E-state index is -0.981. The maximum absolute atomic E-state index is 14.9. The predicted octanol–water partition coefficient (Wildman–Crippen LogP) is 6.17. The minimum absolute atomic E-state index is 0.00906. The summed E-state index contributed by atoms with van der Waals surface area (Å²) in [5.41, 5.74) is 5.55. The molecule has 84 heavy (non-hydrogen) atoms. The van der Waals surface area contributed by atoms with E-state index in [1.165, 1.54) is 27.4 Å². The Morgan fingerprint density at radius 3 is 1.68 bits per heavy atom. The highest BCUT2D eigenvalue weighted by molar-refractivity contribution is 7.22. The van der Waals surface area contributed by atoms with Crippen molar-refractivity contribution in [3.05, 3.63) is 129 Å². The molecule has 2 aliphatic heterocycles. The minimum Gasteiger partial charge on any atom is -0.347 e. The summed E-state index contributed by atoms with van der Waals surface area (Å²) in [7, 11) is 3.33. The van der Waals surface area contributed by atoms with Crippen molar-refractivity contribution in [2.24, 2.45) is 10.8 Å². The second-order valence-corrected chi connectivity index (χ2v) is 26.2. The number of nitrogens with one attached hydrogen (secondary N) is 8. The van der Waals surface area contributed by atoms with E-state index in [0.717, 1.165) is 55.2 Å². The molecule has 0 bridgehead atoms. The number of likely N-dealkylation sites (tertiary alicyclic amines) is 1. The SMILES string of the molecule is CN[C@@H](C)C(=O)N[C@H](C(=O)N1Cc2cc(C(=O)Nc3nc4cc(C(=O)N[C@H]5C[C@@H](C(=O)NC6CCCc7ccccc76)N(C(=O)[C@@H](NC(=O)[C@H](C)NC)C(C)(C)C)C5)ccc4s3)ccc2C[C@H]1C(=O)NC1CCCc2ccccc21)C(C)(C)C. The number of fused-ring (bicyclic) bond motifs is 4. The first kappa shape index (κ1) is 61.0. The summed E-state index contributed by atoms with van der Waals surface area (Å²) < 4.78 is 0.702. The normalized spacial score (nSPS) is 20.9. The van der Waals surface area contributed by atoms with Gasteiger partial charge in [0.05, 0.1) is 34.4 Å². The molecule has 3 heterocycles. The van der Waals surface area contributed by atoms with Crippen molar-refractivity contribution in [2.45, 2.75) is 168 Å². The lowest BCUT2D eigenvalue weighted by molar-refractivity contribution is -0.147. The molecule has 8 amide bonds. The third kappa shape index (κ3) is 13.5. The van der Waals surface area contributed by atoms with Gasteiger partial charge in [-0.3, -0.25) is 43.7 Å². The van der Waals surface area contributed by atoms with Crippen LogP contribution in [0.4, 0.5) is 5.13 Å². The first-order valence-corrected chi connectivity index (χ1v) is 30.2. The van der Waals surface area contributed by atoms with Gasteiger partial charge in [-0.05, 0) is 147 Å². The highest BCUT2D eigenvalue weighted by Gasteiger charge is 2.47. The molecule has 2 unspecified atom stereocenters. The lowest BCUT2D eigenvalue weighted by Gasteiger charge is -2.42. The number of benzene rings is 4. The lowest BCUT2D eigenvalue weighted by atomic mass is 9.83. The first-order chi connectivity index (χ1) is 39.9. The molecule has 9 atom stereocenters. The molecule has 8 N–H and O–H groups in total. The van der Waals surface area contributed by atoms with Gasteiger partial charge in [0.15, 0.2) is 5.13 Å². The van der Waals surface area contributed by atoms with Crippen LogP contribution in [0, 0.1) is 10.8 Å². The number of likely N-dealkylation sites (N-methyl/N-ethyl adjacent to an activating group) is 2. The zero-order valence-electron chi connectivity index (χ0n) is 49.9. The van der Waals surface area contributed by atoms with Gasteiger partial charge in [0.2, 0.25) is 35.4 Å². The van der Waals surface area contributed by atoms with Crippen LogP contribution in [-0.4, -0.2) is 125 Å². The standard InChI is InChI=1S/C64H81N11O8S/c1-35(65-9)54(76)71-52(63(3,4)5)60(82)74-33-42-29-40(26-25-39(42)31-49(74)58(80)68-46-23-15-19-37-17-11-13-21-44(37)46)57(79)73-62-70-48-30-41(27-28-51(48)84-62)56(78)67-43-32-50(59(81)69-47-24-16-20-38-18-12-14-22-45(38)47)75(34-43)61(83)53(64(6,7)8)72-55(77)36(2)66-10/h11-14,17-18,21-22,25-30,35-36,43,46-47,49-50,52-53,65-66H,15-16,19-20,23-24,31-34H2,1-10H3,(H,67,78)(H,68,80)(H,69,81)(H,71,76)(H,72,77)(H,70,73,79)/t35-,36-,43-,46?,47?,49-,50-,52+,53+/m0/s1. The molecule has 1 saturated heterocycles. The summed E-state index contributed by atoms with van der Waals surface area (Å²) in [4.78, 5) is 121. The van der Waals surface area contributed by atoms with Crippen molar-refractivity contribution >= 4 is 73.9 Å². The maximum atomic E-state index is 14.9. The fraction of sp³-hybridized carbons (Fsp3) is 0.484. The van der Waals surface area contributed by atoms with E-state index in [1.54, 1.807) is 63.2 Å². The van der Waals surface area contributed by atoms with Gasteiger partial charge in [0.1, 0.15) is 24.2 Å². The molecular formula is C64H81N11O8S. The Balaban J connectivity index is 0.913. The molecule has 5 aromatic rings. The molecular weight excluding hydrogens is 1080 g/mol. The molecule has 0 spiro atoms. The van der Waals surface area contributed by atoms with Crippen molar-refractivity contribution in [2.75, 3.05) is 26.0 Å². The highest BCUT2D eigenvalue weighted by atomic mass is 32.1. The van der Waals surface area contributed by atoms with Crippen LogP contribution in [0.5, 0.6) is 0 Å². The summed E-state index contributed by atoms with van der Waals surface area (Å²) in [5, 5.41) is 24.5. The second-order valence-electron chi connectivity index (χ2n) is 25.2. The second kappa shape index (κ2) is 25.3. The lowest BCUT2D eigenvalue weighted by Crippen LogP contribution is -2.62. The molecule has 4 aromatic carbocycles. The summed E-state index contributed by atoms with van der Waals surface area (Å²) >= 11 is 1.23. The van der Waals surface area contributed by atoms with Crippen molar-refractivity contribution in [1.82, 2.24) is 52.0 Å². The number of amides is 8. The number of carbonyl (C=O) groups excluding carboxylic acids is 8. The monoisotopic (exact) mass is 1160 g/mol. The fourth-order valence-electron chi connectivity index (χ4n) is 12.0. The molecule has 1 aromatic heterocycles. The number of nitrogens with zero attached hydrogens (tertiary/aromatic N) is 3. The summed E-state index contributed by atoms with van der Waals surface area (Å²) in [5.74, 6) is -3.08. The van der Waals surface area contributed by atoms with Crippen LogP contribution in [0.1, 0.15) is 154 Å². The average Bonchev–Trinajstić information content (AvgIpc) is 4.22. The molecule has 0 radical (unpaired) electrons. The van der Waals surface area contributed by atoms with Crippen molar-refractivity contribution in [3.63, 3.8) is 0 Å². The number of aryl methyl sites for hydroxylation is 2. The summed E-state index contributed by atoms with van der Waals surface area (Å²) in [6.07, 6.45) is 5.46. The number of anilines is 1. The van der Waals surface area contributed by atoms with Crippen LogP contribution in [0.3, 0.4) is 0 Å². The van der Waals surface area contributed by atoms with E-state index < -0.39 is 76.8 Å². The van der Waals surface area contributed by atoms with Crippen LogP contribution in [-0.2, 0) is 54.6 Å². The number of aromatic nitrogens is 1. The third-order valence-corrected chi connectivity index (χ3v) is 18.1. The zero-order valence-corrected chi connectivity index (χ0v) is 50.7. The van der Waals surface area contributed by atoms with Gasteiger partial charge in [0.25, 0.3) is 11.8 Å².